The van der Waals surface area contributed by atoms with Crippen LogP contribution in [0.2, 0.25) is 5.02 Å². The van der Waals surface area contributed by atoms with E-state index in [2.05, 4.69) is 17.2 Å². The molecular formula is C17H16ClN3O. The zero-order valence-corrected chi connectivity index (χ0v) is 12.9. The van der Waals surface area contributed by atoms with Crippen LogP contribution in [0.5, 0.6) is 0 Å². The maximum atomic E-state index is 11.0. The van der Waals surface area contributed by atoms with Gasteiger partial charge in [0.05, 0.1) is 11.1 Å². The SMILES string of the molecule is CC1CC1(C(O)c1ccc(Cl)cc1)n1nnc2ccccc21. The van der Waals surface area contributed by atoms with E-state index in [9.17, 15) is 5.11 Å². The monoisotopic (exact) mass is 313 g/mol. The first-order valence-corrected chi connectivity index (χ1v) is 7.75. The lowest BCUT2D eigenvalue weighted by atomic mass is 9.98. The Hall–Kier alpha value is -1.91. The Labute approximate surface area is 133 Å². The second-order valence-electron chi connectivity index (χ2n) is 6.04. The van der Waals surface area contributed by atoms with Crippen LogP contribution in [0.25, 0.3) is 11.0 Å². The number of aliphatic hydroxyl groups excluding tert-OH is 1. The molecule has 0 saturated heterocycles. The first-order chi connectivity index (χ1) is 10.6. The summed E-state index contributed by atoms with van der Waals surface area (Å²) in [4.78, 5) is 0. The van der Waals surface area contributed by atoms with Gasteiger partial charge in [0.2, 0.25) is 0 Å². The molecule has 1 aliphatic carbocycles. The minimum absolute atomic E-state index is 0.336. The van der Waals surface area contributed by atoms with Gasteiger partial charge in [0, 0.05) is 5.02 Å². The molecule has 3 atom stereocenters. The average molecular weight is 314 g/mol. The largest absolute Gasteiger partial charge is 0.386 e. The standard InChI is InChI=1S/C17H16ClN3O/c1-11-10-17(11,16(22)12-6-8-13(18)9-7-12)21-15-5-3-2-4-14(15)19-20-21/h2-9,11,16,22H,10H2,1H3. The molecule has 4 rings (SSSR count). The highest BCUT2D eigenvalue weighted by molar-refractivity contribution is 6.30. The predicted molar refractivity (Wildman–Crippen MR) is 85.7 cm³/mol. The molecule has 1 fully saturated rings. The molecular weight excluding hydrogens is 298 g/mol. The maximum Gasteiger partial charge on any atom is 0.113 e. The van der Waals surface area contributed by atoms with Crippen molar-refractivity contribution in [3.05, 3.63) is 59.1 Å². The van der Waals surface area contributed by atoms with E-state index in [-0.39, 0.29) is 0 Å². The van der Waals surface area contributed by atoms with Crippen molar-refractivity contribution in [2.45, 2.75) is 25.0 Å². The van der Waals surface area contributed by atoms with Crippen LogP contribution in [0, 0.1) is 5.92 Å². The molecule has 0 spiro atoms. The molecule has 1 aliphatic rings. The summed E-state index contributed by atoms with van der Waals surface area (Å²) >= 11 is 5.94. The molecule has 1 saturated carbocycles. The van der Waals surface area contributed by atoms with Crippen molar-refractivity contribution in [3.8, 4) is 0 Å². The highest BCUT2D eigenvalue weighted by atomic mass is 35.5. The summed E-state index contributed by atoms with van der Waals surface area (Å²) in [5, 5.41) is 20.2. The fraction of sp³-hybridized carbons (Fsp3) is 0.294. The lowest BCUT2D eigenvalue weighted by Gasteiger charge is -2.24. The van der Waals surface area contributed by atoms with Gasteiger partial charge in [-0.1, -0.05) is 48.0 Å². The maximum absolute atomic E-state index is 11.0. The summed E-state index contributed by atoms with van der Waals surface area (Å²) in [6, 6.07) is 15.2. The Morgan fingerprint density at radius 2 is 1.91 bits per heavy atom. The van der Waals surface area contributed by atoms with E-state index in [1.54, 1.807) is 12.1 Å². The molecule has 1 N–H and O–H groups in total. The summed E-state index contributed by atoms with van der Waals surface area (Å²) in [7, 11) is 0. The molecule has 1 aromatic heterocycles. The van der Waals surface area contributed by atoms with Gasteiger partial charge in [0.15, 0.2) is 0 Å². The molecule has 0 amide bonds. The molecule has 1 heterocycles. The third-order valence-electron chi connectivity index (χ3n) is 4.73. The fourth-order valence-electron chi connectivity index (χ4n) is 3.33. The van der Waals surface area contributed by atoms with Gasteiger partial charge in [0.25, 0.3) is 0 Å². The number of para-hydroxylation sites is 1. The van der Waals surface area contributed by atoms with Crippen molar-refractivity contribution < 1.29 is 5.11 Å². The van der Waals surface area contributed by atoms with Crippen LogP contribution in [-0.2, 0) is 5.54 Å². The molecule has 5 heteroatoms. The molecule has 3 aromatic rings. The number of halogens is 1. The molecule has 0 radical (unpaired) electrons. The van der Waals surface area contributed by atoms with Gasteiger partial charge in [-0.05, 0) is 42.2 Å². The summed E-state index contributed by atoms with van der Waals surface area (Å²) in [5.74, 6) is 0.336. The normalized spacial score (nSPS) is 25.3. The van der Waals surface area contributed by atoms with Gasteiger partial charge in [-0.2, -0.15) is 0 Å². The summed E-state index contributed by atoms with van der Waals surface area (Å²) in [6.07, 6.45) is 0.245. The highest BCUT2D eigenvalue weighted by Crippen LogP contribution is 2.58. The molecule has 3 unspecified atom stereocenters. The van der Waals surface area contributed by atoms with Crippen LogP contribution in [0.3, 0.4) is 0 Å². The van der Waals surface area contributed by atoms with Crippen molar-refractivity contribution in [1.82, 2.24) is 15.0 Å². The topological polar surface area (TPSA) is 50.9 Å². The fourth-order valence-corrected chi connectivity index (χ4v) is 3.46. The molecule has 0 bridgehead atoms. The number of rotatable bonds is 3. The highest BCUT2D eigenvalue weighted by Gasteiger charge is 2.60. The first kappa shape index (κ1) is 13.7. The third kappa shape index (κ3) is 1.87. The number of aliphatic hydroxyl groups is 1. The van der Waals surface area contributed by atoms with Gasteiger partial charge in [-0.15, -0.1) is 5.10 Å². The summed E-state index contributed by atoms with van der Waals surface area (Å²) in [5.41, 5.74) is 2.24. The zero-order valence-electron chi connectivity index (χ0n) is 12.1. The van der Waals surface area contributed by atoms with Gasteiger partial charge < -0.3 is 5.11 Å². The Morgan fingerprint density at radius 3 is 2.59 bits per heavy atom. The molecule has 22 heavy (non-hydrogen) atoms. The van der Waals surface area contributed by atoms with E-state index < -0.39 is 11.6 Å². The molecule has 4 nitrogen and oxygen atoms in total. The number of hydrogen-bond donors (Lipinski definition) is 1. The van der Waals surface area contributed by atoms with Crippen molar-refractivity contribution in [2.24, 2.45) is 5.92 Å². The van der Waals surface area contributed by atoms with Gasteiger partial charge in [-0.25, -0.2) is 4.68 Å². The van der Waals surface area contributed by atoms with Crippen LogP contribution in [-0.4, -0.2) is 20.1 Å². The summed E-state index contributed by atoms with van der Waals surface area (Å²) < 4.78 is 1.90. The van der Waals surface area contributed by atoms with E-state index in [1.807, 2.05) is 41.1 Å². The van der Waals surface area contributed by atoms with Crippen LogP contribution in [0.15, 0.2) is 48.5 Å². The Bertz CT molecular complexity index is 829. The van der Waals surface area contributed by atoms with Crippen LogP contribution < -0.4 is 0 Å². The average Bonchev–Trinajstić information content (AvgIpc) is 3.03. The van der Waals surface area contributed by atoms with Crippen molar-refractivity contribution in [2.75, 3.05) is 0 Å². The Kier molecular flexibility index (Phi) is 2.99. The van der Waals surface area contributed by atoms with Crippen molar-refractivity contribution in [1.29, 1.82) is 0 Å². The minimum Gasteiger partial charge on any atom is -0.386 e. The number of nitrogens with zero attached hydrogens (tertiary/aromatic N) is 3. The van der Waals surface area contributed by atoms with Crippen molar-refractivity contribution in [3.63, 3.8) is 0 Å². The number of fused-ring (bicyclic) bond motifs is 1. The van der Waals surface area contributed by atoms with Crippen LogP contribution in [0.1, 0.15) is 25.0 Å². The van der Waals surface area contributed by atoms with Gasteiger partial charge in [0.1, 0.15) is 11.6 Å². The zero-order chi connectivity index (χ0) is 15.3. The Morgan fingerprint density at radius 1 is 1.23 bits per heavy atom. The second-order valence-corrected chi connectivity index (χ2v) is 6.48. The molecule has 2 aromatic carbocycles. The van der Waals surface area contributed by atoms with E-state index in [4.69, 9.17) is 11.6 Å². The quantitative estimate of drug-likeness (QED) is 0.804. The van der Waals surface area contributed by atoms with Crippen molar-refractivity contribution >= 4 is 22.6 Å². The number of aromatic nitrogens is 3. The van der Waals surface area contributed by atoms with Crippen LogP contribution >= 0.6 is 11.6 Å². The van der Waals surface area contributed by atoms with E-state index in [1.165, 1.54) is 0 Å². The third-order valence-corrected chi connectivity index (χ3v) is 4.98. The lowest BCUT2D eigenvalue weighted by Crippen LogP contribution is -2.29. The van der Waals surface area contributed by atoms with Crippen LogP contribution in [0.4, 0.5) is 0 Å². The molecule has 0 aliphatic heterocycles. The van der Waals surface area contributed by atoms with E-state index in [0.717, 1.165) is 23.0 Å². The number of benzene rings is 2. The minimum atomic E-state index is -0.634. The molecule has 112 valence electrons. The van der Waals surface area contributed by atoms with E-state index in [0.29, 0.717) is 10.9 Å². The first-order valence-electron chi connectivity index (χ1n) is 7.37. The number of hydrogen-bond acceptors (Lipinski definition) is 3. The Balaban J connectivity index is 1.82. The van der Waals surface area contributed by atoms with E-state index >= 15 is 0 Å². The lowest BCUT2D eigenvalue weighted by molar-refractivity contribution is 0.0830. The smallest absolute Gasteiger partial charge is 0.113 e. The van der Waals surface area contributed by atoms with Gasteiger partial charge >= 0.3 is 0 Å². The summed E-state index contributed by atoms with van der Waals surface area (Å²) in [6.45, 7) is 2.13. The van der Waals surface area contributed by atoms with Gasteiger partial charge in [-0.3, -0.25) is 0 Å². The second kappa shape index (κ2) is 4.80. The predicted octanol–water partition coefficient (Wildman–Crippen LogP) is 3.55.